The molecule has 1 atom stereocenters. The van der Waals surface area contributed by atoms with Crippen LogP contribution in [0.15, 0.2) is 46.2 Å². The number of anilines is 1. The van der Waals surface area contributed by atoms with Gasteiger partial charge in [-0.3, -0.25) is 9.79 Å². The molecule has 4 rings (SSSR count). The molecule has 0 saturated heterocycles. The lowest BCUT2D eigenvalue weighted by molar-refractivity contribution is 0.102. The molecule has 1 saturated carbocycles. The van der Waals surface area contributed by atoms with E-state index in [2.05, 4.69) is 24.1 Å². The van der Waals surface area contributed by atoms with Crippen molar-refractivity contribution in [3.8, 4) is 0 Å². The fraction of sp³-hybridized carbons (Fsp3) is 0.435. The van der Waals surface area contributed by atoms with Crippen LogP contribution in [0.5, 0.6) is 0 Å². The van der Waals surface area contributed by atoms with Crippen molar-refractivity contribution in [1.82, 2.24) is 4.98 Å². The zero-order valence-corrected chi connectivity index (χ0v) is 20.2. The molecule has 1 amide bonds. The number of aromatic nitrogens is 1. The van der Waals surface area contributed by atoms with E-state index in [1.165, 1.54) is 37.2 Å². The predicted octanol–water partition coefficient (Wildman–Crippen LogP) is 5.16. The van der Waals surface area contributed by atoms with E-state index in [0.29, 0.717) is 34.1 Å². The number of nitrogens with two attached hydrogens (primary N) is 1. The maximum absolute atomic E-state index is 15.0. The SMILES string of the molecule is CC1(C)C(N)=N[C@](C)(c2cc(NC(=O)c3ccc(Cl)cn3)ccc2F)C[Si]1=NCC1CC1. The first-order chi connectivity index (χ1) is 15.1. The highest BCUT2D eigenvalue weighted by Crippen LogP contribution is 2.44. The Morgan fingerprint density at radius 3 is 2.72 bits per heavy atom. The molecule has 0 bridgehead atoms. The monoisotopic (exact) mass is 471 g/mol. The van der Waals surface area contributed by atoms with Gasteiger partial charge in [-0.2, -0.15) is 0 Å². The molecule has 2 aromatic rings. The first kappa shape index (κ1) is 22.7. The van der Waals surface area contributed by atoms with Gasteiger partial charge in [0.15, 0.2) is 0 Å². The Hall–Kier alpha value is -2.45. The van der Waals surface area contributed by atoms with Crippen LogP contribution >= 0.6 is 11.6 Å². The van der Waals surface area contributed by atoms with E-state index in [0.717, 1.165) is 6.54 Å². The van der Waals surface area contributed by atoms with Crippen molar-refractivity contribution in [1.29, 1.82) is 0 Å². The molecule has 1 aromatic heterocycles. The fourth-order valence-corrected chi connectivity index (χ4v) is 6.62. The first-order valence-corrected chi connectivity index (χ1v) is 12.7. The highest BCUT2D eigenvalue weighted by atomic mass is 35.5. The summed E-state index contributed by atoms with van der Waals surface area (Å²) in [6.07, 6.45) is 3.88. The number of nitrogens with one attached hydrogen (secondary N) is 1. The van der Waals surface area contributed by atoms with Crippen LogP contribution in [0.1, 0.15) is 49.7 Å². The molecular formula is C23H27ClFN5OSi. The summed E-state index contributed by atoms with van der Waals surface area (Å²) in [5, 5.41) is 2.94. The predicted molar refractivity (Wildman–Crippen MR) is 127 cm³/mol. The Morgan fingerprint density at radius 1 is 1.31 bits per heavy atom. The van der Waals surface area contributed by atoms with Crippen LogP contribution in [0.4, 0.5) is 10.1 Å². The van der Waals surface area contributed by atoms with Gasteiger partial charge in [-0.05, 0) is 56.0 Å². The van der Waals surface area contributed by atoms with E-state index in [4.69, 9.17) is 27.0 Å². The molecule has 32 heavy (non-hydrogen) atoms. The summed E-state index contributed by atoms with van der Waals surface area (Å²) in [4.78, 5) is 21.3. The van der Waals surface area contributed by atoms with E-state index < -0.39 is 20.0 Å². The molecule has 0 radical (unpaired) electrons. The minimum Gasteiger partial charge on any atom is -0.387 e. The van der Waals surface area contributed by atoms with Crippen molar-refractivity contribution in [2.75, 3.05) is 11.9 Å². The van der Waals surface area contributed by atoms with Gasteiger partial charge in [0.1, 0.15) is 25.9 Å². The molecule has 1 fully saturated rings. The topological polar surface area (TPSA) is 92.7 Å². The molecule has 3 N–H and O–H groups in total. The zero-order valence-electron chi connectivity index (χ0n) is 18.5. The van der Waals surface area contributed by atoms with Crippen LogP contribution in [0.3, 0.4) is 0 Å². The second kappa shape index (κ2) is 8.48. The maximum Gasteiger partial charge on any atom is 0.274 e. The number of nitrogens with zero attached hydrogens (tertiary/aromatic N) is 3. The Balaban J connectivity index is 1.64. The number of amides is 1. The number of carbonyl (C=O) groups is 1. The zero-order chi connectivity index (χ0) is 23.1. The van der Waals surface area contributed by atoms with Crippen LogP contribution in [0.2, 0.25) is 16.1 Å². The van der Waals surface area contributed by atoms with Gasteiger partial charge in [-0.25, -0.2) is 9.37 Å². The van der Waals surface area contributed by atoms with E-state index in [9.17, 15) is 4.79 Å². The number of hydrogen-bond donors (Lipinski definition) is 2. The van der Waals surface area contributed by atoms with Crippen molar-refractivity contribution in [3.05, 3.63) is 58.6 Å². The Bertz CT molecular complexity index is 1110. The van der Waals surface area contributed by atoms with E-state index in [1.807, 2.05) is 6.92 Å². The summed E-state index contributed by atoms with van der Waals surface area (Å²) in [5.41, 5.74) is 6.65. The van der Waals surface area contributed by atoms with Crippen LogP contribution in [0, 0.1) is 11.7 Å². The van der Waals surface area contributed by atoms with Crippen LogP contribution in [-0.2, 0) is 5.54 Å². The van der Waals surface area contributed by atoms with Crippen LogP contribution in [0.25, 0.3) is 0 Å². The van der Waals surface area contributed by atoms with Gasteiger partial charge < -0.3 is 15.7 Å². The van der Waals surface area contributed by atoms with Crippen molar-refractivity contribution < 1.29 is 9.18 Å². The number of pyridine rings is 1. The standard InChI is InChI=1S/C23H27ClFN5OSi/c1-22(2)21(26)30-23(3,13-32(22)28-11-14-4-5-14)17-10-16(7-8-18(17)25)29-20(31)19-9-6-15(24)12-27-19/h6-10,12,14H,4-5,11,13H2,1-3H3,(H2,26,30)(H,29,31)/t23-/m0/s1. The van der Waals surface area contributed by atoms with Crippen molar-refractivity contribution in [3.63, 3.8) is 0 Å². The molecule has 1 aromatic carbocycles. The molecule has 0 unspecified atom stereocenters. The second-order valence-corrected chi connectivity index (χ2v) is 12.6. The third-order valence-corrected chi connectivity index (χ3v) is 9.75. The molecule has 9 heteroatoms. The molecule has 0 spiro atoms. The molecule has 168 valence electrons. The van der Waals surface area contributed by atoms with Crippen molar-refractivity contribution in [2.45, 2.75) is 50.2 Å². The van der Waals surface area contributed by atoms with Gasteiger partial charge in [0.05, 0.1) is 10.6 Å². The minimum absolute atomic E-state index is 0.220. The fourth-order valence-electron chi connectivity index (χ4n) is 3.81. The molecule has 6 nitrogen and oxygen atoms in total. The highest BCUT2D eigenvalue weighted by Gasteiger charge is 2.44. The van der Waals surface area contributed by atoms with Crippen molar-refractivity contribution >= 4 is 37.6 Å². The maximum atomic E-state index is 15.0. The highest BCUT2D eigenvalue weighted by molar-refractivity contribution is 6.57. The van der Waals surface area contributed by atoms with E-state index in [-0.39, 0.29) is 16.5 Å². The molecule has 2 heterocycles. The summed E-state index contributed by atoms with van der Waals surface area (Å²) < 4.78 is 20.1. The average Bonchev–Trinajstić information content (AvgIpc) is 3.56. The number of benzene rings is 1. The summed E-state index contributed by atoms with van der Waals surface area (Å²) in [5.74, 6) is 0.418. The van der Waals surface area contributed by atoms with Gasteiger partial charge in [0.25, 0.3) is 5.91 Å². The number of carbonyl (C=O) groups excluding carboxylic acids is 1. The van der Waals surface area contributed by atoms with Gasteiger partial charge in [0.2, 0.25) is 0 Å². The number of amidine groups is 1. The van der Waals surface area contributed by atoms with Gasteiger partial charge in [-0.15, -0.1) is 0 Å². The lowest BCUT2D eigenvalue weighted by atomic mass is 9.92. The molecule has 2 aliphatic rings. The minimum atomic E-state index is -1.29. The number of hydrogen-bond acceptors (Lipinski definition) is 5. The van der Waals surface area contributed by atoms with Crippen molar-refractivity contribution in [2.24, 2.45) is 21.3 Å². The largest absolute Gasteiger partial charge is 0.387 e. The number of halogens is 2. The van der Waals surface area contributed by atoms with Crippen LogP contribution in [-0.4, -0.2) is 31.9 Å². The molecule has 1 aliphatic heterocycles. The normalized spacial score (nSPS) is 23.7. The molecule has 1 aliphatic carbocycles. The summed E-state index contributed by atoms with van der Waals surface area (Å²) >= 11 is 5.84. The third kappa shape index (κ3) is 4.66. The molecular weight excluding hydrogens is 445 g/mol. The van der Waals surface area contributed by atoms with Crippen LogP contribution < -0.4 is 11.1 Å². The number of rotatable bonds is 5. The van der Waals surface area contributed by atoms with Gasteiger partial charge in [-0.1, -0.05) is 25.4 Å². The lowest BCUT2D eigenvalue weighted by Gasteiger charge is -2.39. The smallest absolute Gasteiger partial charge is 0.274 e. The second-order valence-electron chi connectivity index (χ2n) is 9.31. The van der Waals surface area contributed by atoms with E-state index in [1.54, 1.807) is 12.1 Å². The van der Waals surface area contributed by atoms with Gasteiger partial charge in [0, 0.05) is 35.1 Å². The quantitative estimate of drug-likeness (QED) is 0.589. The summed E-state index contributed by atoms with van der Waals surface area (Å²) in [6.45, 7) is 6.93. The third-order valence-electron chi connectivity index (χ3n) is 6.24. The number of aliphatic imine (C=N–C) groups is 1. The summed E-state index contributed by atoms with van der Waals surface area (Å²) in [6, 6.07) is 8.29. The van der Waals surface area contributed by atoms with E-state index >= 15 is 4.39 Å². The Morgan fingerprint density at radius 2 is 2.06 bits per heavy atom. The first-order valence-electron chi connectivity index (χ1n) is 10.7. The Labute approximate surface area is 193 Å². The summed E-state index contributed by atoms with van der Waals surface area (Å²) in [7, 11) is -1.29. The Kier molecular flexibility index (Phi) is 6.02. The average molecular weight is 472 g/mol. The lowest BCUT2D eigenvalue weighted by Crippen LogP contribution is -2.45. The van der Waals surface area contributed by atoms with Gasteiger partial charge >= 0.3 is 0 Å².